The summed E-state index contributed by atoms with van der Waals surface area (Å²) in [6, 6.07) is 7.02. The Morgan fingerprint density at radius 1 is 1.45 bits per heavy atom. The number of primary amides is 1. The summed E-state index contributed by atoms with van der Waals surface area (Å²) in [7, 11) is 0. The maximum absolute atomic E-state index is 11.1. The van der Waals surface area contributed by atoms with Crippen molar-refractivity contribution in [3.05, 3.63) is 35.7 Å². The van der Waals surface area contributed by atoms with Gasteiger partial charge >= 0.3 is 6.01 Å². The van der Waals surface area contributed by atoms with E-state index in [9.17, 15) is 4.79 Å². The highest BCUT2D eigenvalue weighted by molar-refractivity contribution is 5.93. The second kappa shape index (κ2) is 6.16. The maximum atomic E-state index is 11.1. The zero-order valence-corrected chi connectivity index (χ0v) is 11.4. The molecule has 0 bridgehead atoms. The molecule has 0 aliphatic rings. The third kappa shape index (κ3) is 3.33. The van der Waals surface area contributed by atoms with Crippen molar-refractivity contribution in [1.82, 2.24) is 15.5 Å². The van der Waals surface area contributed by atoms with Gasteiger partial charge in [-0.05, 0) is 31.7 Å². The van der Waals surface area contributed by atoms with Crippen molar-refractivity contribution in [3.8, 4) is 0 Å². The van der Waals surface area contributed by atoms with E-state index in [1.54, 1.807) is 24.3 Å². The Bertz CT molecular complexity index is 596. The van der Waals surface area contributed by atoms with Gasteiger partial charge in [0.15, 0.2) is 0 Å². The molecular weight excluding hydrogens is 258 g/mol. The van der Waals surface area contributed by atoms with Gasteiger partial charge in [0.1, 0.15) is 0 Å². The summed E-state index contributed by atoms with van der Waals surface area (Å²) in [6.45, 7) is 4.75. The second-order valence-electron chi connectivity index (χ2n) is 4.29. The molecule has 7 heteroatoms. The van der Waals surface area contributed by atoms with E-state index in [1.807, 2.05) is 13.8 Å². The smallest absolute Gasteiger partial charge is 0.320 e. The van der Waals surface area contributed by atoms with Crippen LogP contribution in [0.25, 0.3) is 0 Å². The van der Waals surface area contributed by atoms with E-state index in [0.717, 1.165) is 6.54 Å². The molecule has 20 heavy (non-hydrogen) atoms. The first-order valence-corrected chi connectivity index (χ1v) is 6.33. The molecular formula is C13H17N5O2. The standard InChI is InChI=1S/C13H17N5O2/c1-3-15-8(2)12-17-18-13(20-12)16-10-6-4-5-9(7-10)11(14)19/h4-8,15H,3H2,1-2H3,(H2,14,19)(H,16,18). The molecule has 1 unspecified atom stereocenters. The van der Waals surface area contributed by atoms with Crippen molar-refractivity contribution in [2.24, 2.45) is 5.73 Å². The summed E-state index contributed by atoms with van der Waals surface area (Å²) in [5, 5.41) is 14.0. The summed E-state index contributed by atoms with van der Waals surface area (Å²) >= 11 is 0. The monoisotopic (exact) mass is 275 g/mol. The molecule has 0 fully saturated rings. The Kier molecular flexibility index (Phi) is 4.31. The van der Waals surface area contributed by atoms with Crippen LogP contribution >= 0.6 is 0 Å². The van der Waals surface area contributed by atoms with E-state index in [4.69, 9.17) is 10.2 Å². The second-order valence-corrected chi connectivity index (χ2v) is 4.29. The molecule has 0 spiro atoms. The number of benzene rings is 1. The fourth-order valence-corrected chi connectivity index (χ4v) is 1.73. The SMILES string of the molecule is CCNC(C)c1nnc(Nc2cccc(C(N)=O)c2)o1. The van der Waals surface area contributed by atoms with Crippen molar-refractivity contribution >= 4 is 17.6 Å². The molecule has 1 amide bonds. The molecule has 0 aliphatic carbocycles. The minimum Gasteiger partial charge on any atom is -0.406 e. The van der Waals surface area contributed by atoms with E-state index < -0.39 is 5.91 Å². The molecule has 1 heterocycles. The van der Waals surface area contributed by atoms with Crippen LogP contribution in [0.15, 0.2) is 28.7 Å². The fraction of sp³-hybridized carbons (Fsp3) is 0.308. The molecule has 1 aromatic heterocycles. The van der Waals surface area contributed by atoms with Crippen LogP contribution in [0.1, 0.15) is 36.1 Å². The average Bonchev–Trinajstić information content (AvgIpc) is 2.88. The number of hydrogen-bond donors (Lipinski definition) is 3. The maximum Gasteiger partial charge on any atom is 0.320 e. The van der Waals surface area contributed by atoms with E-state index >= 15 is 0 Å². The normalized spacial score (nSPS) is 12.1. The van der Waals surface area contributed by atoms with Crippen molar-refractivity contribution in [2.75, 3.05) is 11.9 Å². The molecule has 0 saturated heterocycles. The lowest BCUT2D eigenvalue weighted by Gasteiger charge is -2.06. The lowest BCUT2D eigenvalue weighted by molar-refractivity contribution is 0.100. The molecule has 0 radical (unpaired) electrons. The number of nitrogens with two attached hydrogens (primary N) is 1. The summed E-state index contributed by atoms with van der Waals surface area (Å²) in [5.74, 6) is 0.0149. The van der Waals surface area contributed by atoms with Crippen molar-refractivity contribution in [1.29, 1.82) is 0 Å². The number of amides is 1. The summed E-state index contributed by atoms with van der Waals surface area (Å²) in [5.41, 5.74) is 6.30. The van der Waals surface area contributed by atoms with Crippen LogP contribution in [0.4, 0.5) is 11.7 Å². The van der Waals surface area contributed by atoms with Crippen LogP contribution < -0.4 is 16.4 Å². The largest absolute Gasteiger partial charge is 0.406 e. The van der Waals surface area contributed by atoms with Gasteiger partial charge in [-0.15, -0.1) is 5.10 Å². The Labute approximate surface area is 116 Å². The van der Waals surface area contributed by atoms with Crippen molar-refractivity contribution in [2.45, 2.75) is 19.9 Å². The molecule has 2 aromatic rings. The van der Waals surface area contributed by atoms with Gasteiger partial charge in [-0.25, -0.2) is 0 Å². The third-order valence-electron chi connectivity index (χ3n) is 2.72. The van der Waals surface area contributed by atoms with E-state index in [-0.39, 0.29) is 12.1 Å². The number of nitrogens with zero attached hydrogens (tertiary/aromatic N) is 2. The van der Waals surface area contributed by atoms with Gasteiger partial charge in [0, 0.05) is 11.3 Å². The lowest BCUT2D eigenvalue weighted by atomic mass is 10.2. The van der Waals surface area contributed by atoms with Gasteiger partial charge in [0.05, 0.1) is 6.04 Å². The zero-order chi connectivity index (χ0) is 14.5. The molecule has 7 nitrogen and oxygen atoms in total. The zero-order valence-electron chi connectivity index (χ0n) is 11.4. The average molecular weight is 275 g/mol. The first kappa shape index (κ1) is 14.0. The molecule has 1 aromatic carbocycles. The van der Waals surface area contributed by atoms with Gasteiger partial charge in [0.25, 0.3) is 0 Å². The number of rotatable bonds is 6. The van der Waals surface area contributed by atoms with Crippen LogP contribution in [-0.4, -0.2) is 22.6 Å². The molecule has 0 aliphatic heterocycles. The Balaban J connectivity index is 2.10. The molecule has 2 rings (SSSR count). The summed E-state index contributed by atoms with van der Waals surface area (Å²) in [4.78, 5) is 11.1. The van der Waals surface area contributed by atoms with Gasteiger partial charge < -0.3 is 20.8 Å². The van der Waals surface area contributed by atoms with E-state index in [2.05, 4.69) is 20.8 Å². The Hall–Kier alpha value is -2.41. The van der Waals surface area contributed by atoms with Crippen molar-refractivity contribution in [3.63, 3.8) is 0 Å². The number of anilines is 2. The van der Waals surface area contributed by atoms with Gasteiger partial charge in [0.2, 0.25) is 11.8 Å². The quantitative estimate of drug-likeness (QED) is 0.739. The van der Waals surface area contributed by atoms with Crippen molar-refractivity contribution < 1.29 is 9.21 Å². The molecule has 4 N–H and O–H groups in total. The number of hydrogen-bond acceptors (Lipinski definition) is 6. The highest BCUT2D eigenvalue weighted by Crippen LogP contribution is 2.19. The van der Waals surface area contributed by atoms with Crippen LogP contribution in [0, 0.1) is 0 Å². The highest BCUT2D eigenvalue weighted by Gasteiger charge is 2.13. The first-order chi connectivity index (χ1) is 9.60. The minimum absolute atomic E-state index is 0.0139. The number of carbonyl (C=O) groups excluding carboxylic acids is 1. The predicted molar refractivity (Wildman–Crippen MR) is 74.6 cm³/mol. The third-order valence-corrected chi connectivity index (χ3v) is 2.72. The van der Waals surface area contributed by atoms with Gasteiger partial charge in [-0.1, -0.05) is 18.1 Å². The molecule has 0 saturated carbocycles. The number of aromatic nitrogens is 2. The van der Waals surface area contributed by atoms with Crippen LogP contribution in [-0.2, 0) is 0 Å². The lowest BCUT2D eigenvalue weighted by Crippen LogP contribution is -2.17. The molecule has 106 valence electrons. The highest BCUT2D eigenvalue weighted by atomic mass is 16.4. The number of carbonyl (C=O) groups is 1. The van der Waals surface area contributed by atoms with Gasteiger partial charge in [-0.2, -0.15) is 0 Å². The minimum atomic E-state index is -0.486. The Morgan fingerprint density at radius 3 is 2.95 bits per heavy atom. The first-order valence-electron chi connectivity index (χ1n) is 6.33. The van der Waals surface area contributed by atoms with Gasteiger partial charge in [-0.3, -0.25) is 4.79 Å². The van der Waals surface area contributed by atoms with Crippen LogP contribution in [0.2, 0.25) is 0 Å². The summed E-state index contributed by atoms with van der Waals surface area (Å²) < 4.78 is 5.49. The Morgan fingerprint density at radius 2 is 2.25 bits per heavy atom. The van der Waals surface area contributed by atoms with Crippen LogP contribution in [0.5, 0.6) is 0 Å². The van der Waals surface area contributed by atoms with E-state index in [0.29, 0.717) is 17.1 Å². The summed E-state index contributed by atoms with van der Waals surface area (Å²) in [6.07, 6.45) is 0. The topological polar surface area (TPSA) is 106 Å². The predicted octanol–water partition coefficient (Wildman–Crippen LogP) is 1.58. The fourth-order valence-electron chi connectivity index (χ4n) is 1.73. The molecule has 1 atom stereocenters. The van der Waals surface area contributed by atoms with E-state index in [1.165, 1.54) is 0 Å². The number of nitrogens with one attached hydrogen (secondary N) is 2. The van der Waals surface area contributed by atoms with Crippen LogP contribution in [0.3, 0.4) is 0 Å².